The normalized spacial score (nSPS) is 15.6. The van der Waals surface area contributed by atoms with Gasteiger partial charge in [0.25, 0.3) is 5.91 Å². The molecule has 0 saturated carbocycles. The first kappa shape index (κ1) is 22.3. The molecule has 1 N–H and O–H groups in total. The van der Waals surface area contributed by atoms with E-state index >= 15 is 0 Å². The van der Waals surface area contributed by atoms with Crippen molar-refractivity contribution in [2.45, 2.75) is 59.5 Å². The zero-order chi connectivity index (χ0) is 21.9. The molecule has 1 aliphatic rings. The van der Waals surface area contributed by atoms with E-state index in [1.807, 2.05) is 29.1 Å². The fraction of sp³-hybridized carbons (Fsp3) is 0.609. The minimum Gasteiger partial charge on any atom is -0.354 e. The summed E-state index contributed by atoms with van der Waals surface area (Å²) in [5.74, 6) is 1.15. The maximum atomic E-state index is 12.7. The second kappa shape index (κ2) is 9.16. The highest BCUT2D eigenvalue weighted by atomic mass is 16.1. The van der Waals surface area contributed by atoms with Crippen molar-refractivity contribution in [1.82, 2.24) is 25.0 Å². The molecule has 1 saturated heterocycles. The van der Waals surface area contributed by atoms with Crippen molar-refractivity contribution >= 4 is 11.7 Å². The number of pyridine rings is 1. The highest BCUT2D eigenvalue weighted by Gasteiger charge is 2.23. The molecule has 0 aliphatic carbocycles. The molecule has 0 spiro atoms. The van der Waals surface area contributed by atoms with Crippen LogP contribution in [0.4, 0.5) is 5.82 Å². The molecule has 0 radical (unpaired) electrons. The van der Waals surface area contributed by atoms with Crippen LogP contribution in [0.1, 0.15) is 69.2 Å². The van der Waals surface area contributed by atoms with Gasteiger partial charge in [0.15, 0.2) is 0 Å². The summed E-state index contributed by atoms with van der Waals surface area (Å²) in [6, 6.07) is 6.00. The van der Waals surface area contributed by atoms with Crippen molar-refractivity contribution in [1.29, 1.82) is 0 Å². The molecular formula is C23H36N6O. The van der Waals surface area contributed by atoms with Crippen LogP contribution in [0.3, 0.4) is 0 Å². The molecule has 7 nitrogen and oxygen atoms in total. The van der Waals surface area contributed by atoms with Crippen molar-refractivity contribution < 1.29 is 4.79 Å². The Balaban J connectivity index is 1.60. The van der Waals surface area contributed by atoms with Crippen LogP contribution in [-0.2, 0) is 12.1 Å². The van der Waals surface area contributed by atoms with E-state index in [9.17, 15) is 4.79 Å². The van der Waals surface area contributed by atoms with Crippen LogP contribution in [0.2, 0.25) is 0 Å². The van der Waals surface area contributed by atoms with Crippen LogP contribution in [0.25, 0.3) is 0 Å². The Labute approximate surface area is 180 Å². The first-order chi connectivity index (χ1) is 14.2. The van der Waals surface area contributed by atoms with Crippen molar-refractivity contribution in [3.8, 4) is 0 Å². The first-order valence-corrected chi connectivity index (χ1v) is 11.0. The van der Waals surface area contributed by atoms with E-state index in [0.717, 1.165) is 49.8 Å². The molecule has 2 aromatic heterocycles. The molecule has 3 rings (SSSR count). The van der Waals surface area contributed by atoms with Gasteiger partial charge < -0.3 is 15.1 Å². The molecule has 1 aliphatic heterocycles. The number of carbonyl (C=O) groups is 1. The van der Waals surface area contributed by atoms with Gasteiger partial charge in [0, 0.05) is 44.6 Å². The third kappa shape index (κ3) is 5.19. The highest BCUT2D eigenvalue weighted by molar-refractivity contribution is 5.92. The minimum atomic E-state index is -0.166. The van der Waals surface area contributed by atoms with Gasteiger partial charge in [-0.3, -0.25) is 9.48 Å². The second-order valence-electron chi connectivity index (χ2n) is 9.32. The quantitative estimate of drug-likeness (QED) is 0.789. The van der Waals surface area contributed by atoms with Crippen LogP contribution in [0, 0.1) is 0 Å². The summed E-state index contributed by atoms with van der Waals surface area (Å²) in [5, 5.41) is 7.57. The molecule has 30 heavy (non-hydrogen) atoms. The molecule has 164 valence electrons. The lowest BCUT2D eigenvalue weighted by Crippen LogP contribution is -2.46. The number of likely N-dealkylation sites (N-methyl/N-ethyl adjacent to an activating group) is 1. The Morgan fingerprint density at radius 3 is 2.37 bits per heavy atom. The van der Waals surface area contributed by atoms with Gasteiger partial charge in [-0.2, -0.15) is 5.10 Å². The maximum Gasteiger partial charge on any atom is 0.272 e. The number of nitrogens with one attached hydrogen (secondary N) is 1. The Kier molecular flexibility index (Phi) is 6.81. The van der Waals surface area contributed by atoms with Crippen molar-refractivity contribution in [2.24, 2.45) is 0 Å². The van der Waals surface area contributed by atoms with Gasteiger partial charge in [-0.05, 0) is 50.9 Å². The van der Waals surface area contributed by atoms with Gasteiger partial charge >= 0.3 is 0 Å². The summed E-state index contributed by atoms with van der Waals surface area (Å²) >= 11 is 0. The molecule has 1 amide bonds. The van der Waals surface area contributed by atoms with Crippen molar-refractivity contribution in [3.63, 3.8) is 0 Å². The van der Waals surface area contributed by atoms with Gasteiger partial charge in [0.2, 0.25) is 0 Å². The summed E-state index contributed by atoms with van der Waals surface area (Å²) in [4.78, 5) is 22.1. The fourth-order valence-electron chi connectivity index (χ4n) is 3.73. The topological polar surface area (TPSA) is 66.3 Å². The van der Waals surface area contributed by atoms with Crippen LogP contribution in [0.5, 0.6) is 0 Å². The highest BCUT2D eigenvalue weighted by Crippen LogP contribution is 2.23. The molecule has 7 heteroatoms. The number of hydrogen-bond acceptors (Lipinski definition) is 5. The number of carbonyl (C=O) groups excluding carboxylic acids is 1. The van der Waals surface area contributed by atoms with E-state index in [0.29, 0.717) is 18.2 Å². The Hall–Kier alpha value is -2.41. The Morgan fingerprint density at radius 1 is 1.17 bits per heavy atom. The van der Waals surface area contributed by atoms with E-state index in [4.69, 9.17) is 0 Å². The van der Waals surface area contributed by atoms with Gasteiger partial charge in [-0.15, -0.1) is 0 Å². The summed E-state index contributed by atoms with van der Waals surface area (Å²) in [5.41, 5.74) is 2.35. The number of nitrogens with zero attached hydrogens (tertiary/aromatic N) is 5. The van der Waals surface area contributed by atoms with Crippen molar-refractivity contribution in [3.05, 3.63) is 41.3 Å². The molecule has 0 unspecified atom stereocenters. The summed E-state index contributed by atoms with van der Waals surface area (Å²) in [6.07, 6.45) is 1.86. The monoisotopic (exact) mass is 412 g/mol. The number of aromatic nitrogens is 3. The molecule has 1 fully saturated rings. The largest absolute Gasteiger partial charge is 0.354 e. The van der Waals surface area contributed by atoms with E-state index in [2.05, 4.69) is 66.7 Å². The third-order valence-corrected chi connectivity index (χ3v) is 5.60. The lowest BCUT2D eigenvalue weighted by molar-refractivity contribution is 0.0944. The predicted molar refractivity (Wildman–Crippen MR) is 121 cm³/mol. The van der Waals surface area contributed by atoms with E-state index in [-0.39, 0.29) is 11.4 Å². The molecule has 0 aromatic carbocycles. The van der Waals surface area contributed by atoms with E-state index in [1.54, 1.807) is 0 Å². The number of hydrogen-bond donors (Lipinski definition) is 1. The second-order valence-corrected chi connectivity index (χ2v) is 9.32. The smallest absolute Gasteiger partial charge is 0.272 e. The molecular weight excluding hydrogens is 376 g/mol. The lowest BCUT2D eigenvalue weighted by atomic mass is 10.1. The SMILES string of the molecule is CCN1CCN(c2ccc(CNC(=O)c3cc(C(C)C)n(C(C)(C)C)n3)cn2)CC1. The van der Waals surface area contributed by atoms with Crippen molar-refractivity contribution in [2.75, 3.05) is 37.6 Å². The number of anilines is 1. The maximum absolute atomic E-state index is 12.7. The zero-order valence-corrected chi connectivity index (χ0v) is 19.3. The lowest BCUT2D eigenvalue weighted by Gasteiger charge is -2.34. The predicted octanol–water partition coefficient (Wildman–Crippen LogP) is 3.23. The number of piperazine rings is 1. The average Bonchev–Trinajstić information content (AvgIpc) is 3.19. The third-order valence-electron chi connectivity index (χ3n) is 5.60. The Morgan fingerprint density at radius 2 is 1.87 bits per heavy atom. The number of rotatable bonds is 6. The van der Waals surface area contributed by atoms with E-state index < -0.39 is 0 Å². The standard InChI is InChI=1S/C23H36N6O/c1-7-27-10-12-28(13-11-27)21-9-8-18(15-24-21)16-25-22(30)19-14-20(17(2)3)29(26-19)23(4,5)6/h8-9,14-15,17H,7,10-13,16H2,1-6H3,(H,25,30). The van der Waals surface area contributed by atoms with Gasteiger partial charge in [0.05, 0.1) is 5.54 Å². The zero-order valence-electron chi connectivity index (χ0n) is 19.3. The average molecular weight is 413 g/mol. The summed E-state index contributed by atoms with van der Waals surface area (Å²) in [7, 11) is 0. The molecule has 2 aromatic rings. The first-order valence-electron chi connectivity index (χ1n) is 11.0. The summed E-state index contributed by atoms with van der Waals surface area (Å²) < 4.78 is 1.96. The van der Waals surface area contributed by atoms with Gasteiger partial charge in [-0.1, -0.05) is 26.8 Å². The van der Waals surface area contributed by atoms with Crippen LogP contribution < -0.4 is 10.2 Å². The molecule has 3 heterocycles. The van der Waals surface area contributed by atoms with Gasteiger partial charge in [-0.25, -0.2) is 4.98 Å². The van der Waals surface area contributed by atoms with Crippen LogP contribution in [-0.4, -0.2) is 58.3 Å². The van der Waals surface area contributed by atoms with Crippen LogP contribution >= 0.6 is 0 Å². The van der Waals surface area contributed by atoms with E-state index in [1.165, 1.54) is 0 Å². The molecule has 0 atom stereocenters. The fourth-order valence-corrected chi connectivity index (χ4v) is 3.73. The molecule has 0 bridgehead atoms. The Bertz CT molecular complexity index is 842. The summed E-state index contributed by atoms with van der Waals surface area (Å²) in [6.45, 7) is 18.5. The minimum absolute atomic E-state index is 0.153. The van der Waals surface area contributed by atoms with Gasteiger partial charge in [0.1, 0.15) is 11.5 Å². The van der Waals surface area contributed by atoms with Crippen LogP contribution in [0.15, 0.2) is 24.4 Å². The number of amides is 1.